The summed E-state index contributed by atoms with van der Waals surface area (Å²) in [6.07, 6.45) is 3.73. The highest BCUT2D eigenvalue weighted by Gasteiger charge is 2.17. The Morgan fingerprint density at radius 3 is 2.40 bits per heavy atom. The number of benzene rings is 2. The van der Waals surface area contributed by atoms with Crippen LogP contribution in [0.5, 0.6) is 5.75 Å². The number of aromatic nitrogens is 2. The average molecular weight is 333 g/mol. The Morgan fingerprint density at radius 1 is 0.920 bits per heavy atom. The molecule has 0 N–H and O–H groups in total. The van der Waals surface area contributed by atoms with Crippen molar-refractivity contribution in [2.45, 2.75) is 26.2 Å². The summed E-state index contributed by atoms with van der Waals surface area (Å²) in [5.41, 5.74) is 4.32. The molecular weight excluding hydrogens is 310 g/mol. The summed E-state index contributed by atoms with van der Waals surface area (Å²) in [6, 6.07) is 14.5. The summed E-state index contributed by atoms with van der Waals surface area (Å²) in [5.74, 6) is 1.71. The van der Waals surface area contributed by atoms with Gasteiger partial charge in [0, 0.05) is 24.0 Å². The number of anilines is 1. The Labute approximate surface area is 148 Å². The van der Waals surface area contributed by atoms with Gasteiger partial charge in [-0.3, -0.25) is 0 Å². The topological polar surface area (TPSA) is 38.2 Å². The number of ether oxygens (including phenoxy) is 1. The summed E-state index contributed by atoms with van der Waals surface area (Å²) in [4.78, 5) is 12.1. The molecule has 4 rings (SSSR count). The van der Waals surface area contributed by atoms with E-state index in [4.69, 9.17) is 14.7 Å². The van der Waals surface area contributed by atoms with E-state index >= 15 is 0 Å². The van der Waals surface area contributed by atoms with Crippen LogP contribution in [-0.2, 0) is 0 Å². The molecule has 4 nitrogen and oxygen atoms in total. The Morgan fingerprint density at radius 2 is 1.68 bits per heavy atom. The highest BCUT2D eigenvalue weighted by atomic mass is 16.5. The maximum Gasteiger partial charge on any atom is 0.226 e. The van der Waals surface area contributed by atoms with Crippen molar-refractivity contribution >= 4 is 16.9 Å². The van der Waals surface area contributed by atoms with Crippen molar-refractivity contribution in [3.8, 4) is 17.0 Å². The maximum atomic E-state index is 5.29. The van der Waals surface area contributed by atoms with E-state index in [1.165, 1.54) is 24.8 Å². The number of rotatable bonds is 3. The molecule has 4 heteroatoms. The van der Waals surface area contributed by atoms with E-state index in [1.807, 2.05) is 12.1 Å². The minimum absolute atomic E-state index is 0.849. The van der Waals surface area contributed by atoms with Crippen LogP contribution < -0.4 is 9.64 Å². The molecule has 0 atom stereocenters. The van der Waals surface area contributed by atoms with Crippen LogP contribution in [-0.4, -0.2) is 30.2 Å². The minimum Gasteiger partial charge on any atom is -0.497 e. The van der Waals surface area contributed by atoms with Crippen LogP contribution in [0.3, 0.4) is 0 Å². The first kappa shape index (κ1) is 15.9. The molecule has 1 aliphatic rings. The fraction of sp³-hybridized carbons (Fsp3) is 0.333. The first-order chi connectivity index (χ1) is 12.2. The van der Waals surface area contributed by atoms with E-state index in [-0.39, 0.29) is 0 Å². The van der Waals surface area contributed by atoms with Gasteiger partial charge in [0.05, 0.1) is 18.3 Å². The summed E-state index contributed by atoms with van der Waals surface area (Å²) < 4.78 is 5.29. The number of methoxy groups -OCH3 is 1. The van der Waals surface area contributed by atoms with Gasteiger partial charge in [0.1, 0.15) is 5.75 Å². The molecular formula is C21H23N3O. The smallest absolute Gasteiger partial charge is 0.226 e. The zero-order valence-corrected chi connectivity index (χ0v) is 14.8. The van der Waals surface area contributed by atoms with Crippen LogP contribution in [0.15, 0.2) is 42.5 Å². The second-order valence-corrected chi connectivity index (χ2v) is 6.67. The van der Waals surface area contributed by atoms with Crippen molar-refractivity contribution in [3.05, 3.63) is 48.0 Å². The molecule has 25 heavy (non-hydrogen) atoms. The van der Waals surface area contributed by atoms with Crippen LogP contribution in [0.4, 0.5) is 5.95 Å². The fourth-order valence-corrected chi connectivity index (χ4v) is 3.43. The fourth-order valence-electron chi connectivity index (χ4n) is 3.43. The molecule has 128 valence electrons. The van der Waals surface area contributed by atoms with Gasteiger partial charge in [-0.25, -0.2) is 9.97 Å². The molecule has 0 spiro atoms. The molecule has 0 amide bonds. The molecule has 1 aliphatic heterocycles. The van der Waals surface area contributed by atoms with Crippen LogP contribution >= 0.6 is 0 Å². The third-order valence-electron chi connectivity index (χ3n) is 4.84. The number of hydrogen-bond acceptors (Lipinski definition) is 4. The molecule has 2 aromatic carbocycles. The van der Waals surface area contributed by atoms with E-state index in [1.54, 1.807) is 7.11 Å². The lowest BCUT2D eigenvalue weighted by Crippen LogP contribution is -2.31. The summed E-state index contributed by atoms with van der Waals surface area (Å²) in [6.45, 7) is 4.19. The molecule has 0 saturated carbocycles. The van der Waals surface area contributed by atoms with Gasteiger partial charge in [-0.2, -0.15) is 0 Å². The Hall–Kier alpha value is -2.62. The van der Waals surface area contributed by atoms with Gasteiger partial charge < -0.3 is 9.64 Å². The first-order valence-electron chi connectivity index (χ1n) is 8.92. The van der Waals surface area contributed by atoms with Gasteiger partial charge in [0.25, 0.3) is 0 Å². The Balaban J connectivity index is 1.87. The number of fused-ring (bicyclic) bond motifs is 1. The van der Waals surface area contributed by atoms with Crippen molar-refractivity contribution in [1.29, 1.82) is 0 Å². The molecule has 2 heterocycles. The van der Waals surface area contributed by atoms with Crippen molar-refractivity contribution in [2.24, 2.45) is 0 Å². The van der Waals surface area contributed by atoms with Gasteiger partial charge in [0.2, 0.25) is 5.95 Å². The zero-order valence-electron chi connectivity index (χ0n) is 14.8. The molecule has 1 saturated heterocycles. The van der Waals surface area contributed by atoms with E-state index in [0.29, 0.717) is 0 Å². The second-order valence-electron chi connectivity index (χ2n) is 6.67. The summed E-state index contributed by atoms with van der Waals surface area (Å²) in [7, 11) is 1.69. The highest BCUT2D eigenvalue weighted by Crippen LogP contribution is 2.30. The van der Waals surface area contributed by atoms with E-state index in [9.17, 15) is 0 Å². The molecule has 0 bridgehead atoms. The molecule has 0 radical (unpaired) electrons. The third kappa shape index (κ3) is 3.16. The first-order valence-corrected chi connectivity index (χ1v) is 8.92. The predicted molar refractivity (Wildman–Crippen MR) is 102 cm³/mol. The van der Waals surface area contributed by atoms with Crippen molar-refractivity contribution in [3.63, 3.8) is 0 Å². The van der Waals surface area contributed by atoms with Gasteiger partial charge >= 0.3 is 0 Å². The van der Waals surface area contributed by atoms with Crippen LogP contribution in [0.1, 0.15) is 24.8 Å². The Bertz CT molecular complexity index is 884. The third-order valence-corrected chi connectivity index (χ3v) is 4.84. The normalized spacial score (nSPS) is 14.7. The lowest BCUT2D eigenvalue weighted by molar-refractivity contribution is 0.415. The van der Waals surface area contributed by atoms with Crippen LogP contribution in [0, 0.1) is 6.92 Å². The van der Waals surface area contributed by atoms with Crippen molar-refractivity contribution in [1.82, 2.24) is 9.97 Å². The van der Waals surface area contributed by atoms with Crippen LogP contribution in [0.25, 0.3) is 22.2 Å². The summed E-state index contributed by atoms with van der Waals surface area (Å²) in [5, 5.41) is 1.10. The number of piperidine rings is 1. The molecule has 1 aromatic heterocycles. The average Bonchev–Trinajstić information content (AvgIpc) is 2.68. The predicted octanol–water partition coefficient (Wildman–Crippen LogP) is 4.60. The molecule has 1 fully saturated rings. The largest absolute Gasteiger partial charge is 0.497 e. The maximum absolute atomic E-state index is 5.29. The second kappa shape index (κ2) is 6.71. The van der Waals surface area contributed by atoms with Crippen LogP contribution in [0.2, 0.25) is 0 Å². The van der Waals surface area contributed by atoms with Gasteiger partial charge in [-0.15, -0.1) is 0 Å². The van der Waals surface area contributed by atoms with E-state index in [2.05, 4.69) is 42.2 Å². The highest BCUT2D eigenvalue weighted by molar-refractivity contribution is 5.93. The standard InChI is InChI=1S/C21H23N3O/c1-15-6-11-19-18(14-15)20(16-7-9-17(25-2)10-8-16)23-21(22-19)24-12-4-3-5-13-24/h6-11,14H,3-5,12-13H2,1-2H3. The number of aryl methyl sites for hydroxylation is 1. The van der Waals surface area contributed by atoms with E-state index in [0.717, 1.165) is 46.9 Å². The monoisotopic (exact) mass is 333 g/mol. The zero-order chi connectivity index (χ0) is 17.2. The summed E-state index contributed by atoms with van der Waals surface area (Å²) >= 11 is 0. The quantitative estimate of drug-likeness (QED) is 0.702. The van der Waals surface area contributed by atoms with Gasteiger partial charge in [0.15, 0.2) is 0 Å². The molecule has 0 aliphatic carbocycles. The molecule has 0 unspecified atom stereocenters. The Kier molecular flexibility index (Phi) is 4.26. The lowest BCUT2D eigenvalue weighted by atomic mass is 10.0. The van der Waals surface area contributed by atoms with Crippen molar-refractivity contribution < 1.29 is 4.74 Å². The van der Waals surface area contributed by atoms with Gasteiger partial charge in [-0.05, 0) is 62.6 Å². The number of nitrogens with zero attached hydrogens (tertiary/aromatic N) is 3. The van der Waals surface area contributed by atoms with Gasteiger partial charge in [-0.1, -0.05) is 11.6 Å². The lowest BCUT2D eigenvalue weighted by Gasteiger charge is -2.27. The SMILES string of the molecule is COc1ccc(-c2nc(N3CCCCC3)nc3ccc(C)cc23)cc1. The minimum atomic E-state index is 0.849. The van der Waals surface area contributed by atoms with E-state index < -0.39 is 0 Å². The van der Waals surface area contributed by atoms with Crippen molar-refractivity contribution in [2.75, 3.05) is 25.1 Å². The number of hydrogen-bond donors (Lipinski definition) is 0. The molecule has 3 aromatic rings.